The molecule has 0 aromatic heterocycles. The minimum absolute atomic E-state index is 0.256. The summed E-state index contributed by atoms with van der Waals surface area (Å²) in [4.78, 5) is 0. The predicted molar refractivity (Wildman–Crippen MR) is 93.6 cm³/mol. The van der Waals surface area contributed by atoms with Crippen LogP contribution in [-0.4, -0.2) is 36.1 Å². The molecule has 5 atom stereocenters. The minimum atomic E-state index is -0.853. The van der Waals surface area contributed by atoms with Crippen molar-refractivity contribution in [1.82, 2.24) is 0 Å². The molecule has 25 heavy (non-hydrogen) atoms. The van der Waals surface area contributed by atoms with Crippen LogP contribution in [0.1, 0.15) is 77.6 Å². The molecule has 2 heterocycles. The van der Waals surface area contributed by atoms with E-state index in [2.05, 4.69) is 6.92 Å². The van der Waals surface area contributed by atoms with Gasteiger partial charge in [-0.1, -0.05) is 19.8 Å². The third-order valence-corrected chi connectivity index (χ3v) is 5.84. The summed E-state index contributed by atoms with van der Waals surface area (Å²) in [5.41, 5.74) is -0.579. The molecule has 0 aromatic rings. The van der Waals surface area contributed by atoms with Crippen LogP contribution in [0.2, 0.25) is 0 Å². The van der Waals surface area contributed by atoms with Crippen LogP contribution in [0.15, 0.2) is 11.8 Å². The summed E-state index contributed by atoms with van der Waals surface area (Å²) >= 11 is 0. The van der Waals surface area contributed by atoms with Gasteiger partial charge in [0.1, 0.15) is 17.5 Å². The van der Waals surface area contributed by atoms with Gasteiger partial charge in [0.2, 0.25) is 0 Å². The van der Waals surface area contributed by atoms with Crippen LogP contribution >= 0.6 is 0 Å². The van der Waals surface area contributed by atoms with E-state index in [9.17, 15) is 9.50 Å². The highest BCUT2D eigenvalue weighted by Gasteiger charge is 2.55. The van der Waals surface area contributed by atoms with E-state index >= 15 is 0 Å². The Kier molecular flexibility index (Phi) is 6.75. The van der Waals surface area contributed by atoms with Gasteiger partial charge >= 0.3 is 0 Å². The lowest BCUT2D eigenvalue weighted by atomic mass is 9.88. The first-order chi connectivity index (χ1) is 12.1. The predicted octanol–water partition coefficient (Wildman–Crippen LogP) is 4.61. The molecule has 1 aliphatic carbocycles. The molecule has 0 bridgehead atoms. The Bertz CT molecular complexity index is 449. The Labute approximate surface area is 150 Å². The zero-order chi connectivity index (χ0) is 17.7. The Morgan fingerprint density at radius 3 is 3.00 bits per heavy atom. The molecule has 3 aliphatic rings. The molecule has 4 unspecified atom stereocenters. The third kappa shape index (κ3) is 4.55. The van der Waals surface area contributed by atoms with Gasteiger partial charge in [-0.25, -0.2) is 4.39 Å². The Morgan fingerprint density at radius 2 is 2.24 bits per heavy atom. The summed E-state index contributed by atoms with van der Waals surface area (Å²) in [6.45, 7) is 2.79. The average Bonchev–Trinajstić information content (AvgIpc) is 3.14. The number of hydrogen-bond acceptors (Lipinski definition) is 4. The zero-order valence-corrected chi connectivity index (χ0v) is 15.4. The number of rotatable bonds is 8. The normalized spacial score (nSPS) is 37.1. The zero-order valence-electron chi connectivity index (χ0n) is 15.4. The number of aliphatic hydroxyl groups excluding tert-OH is 1. The van der Waals surface area contributed by atoms with Gasteiger partial charge in [-0.2, -0.15) is 0 Å². The van der Waals surface area contributed by atoms with Crippen LogP contribution in [0.5, 0.6) is 0 Å². The van der Waals surface area contributed by atoms with Crippen molar-refractivity contribution in [2.75, 3.05) is 6.61 Å². The third-order valence-electron chi connectivity index (χ3n) is 5.84. The van der Waals surface area contributed by atoms with Crippen molar-refractivity contribution in [1.29, 1.82) is 0 Å². The second-order valence-electron chi connectivity index (χ2n) is 7.74. The molecule has 0 radical (unpaired) electrons. The summed E-state index contributed by atoms with van der Waals surface area (Å²) in [6.07, 6.45) is 9.40. The second kappa shape index (κ2) is 8.83. The fraction of sp³-hybridized carbons (Fsp3) is 0.900. The van der Waals surface area contributed by atoms with E-state index in [1.54, 1.807) is 0 Å². The number of allylic oxidation sites excluding steroid dienone is 1. The standard InChI is InChI=1S/C20H33FO4/c1-2-3-8-16(21)10-11-17(24-19-9-4-5-13-23-19)20-12-6-7-15(20)14-18(22)25-20/h11,15-16,18-19,22H,2-10,12-14H2,1H3/t15?,16-,18?,19?,20?/m1/s1. The number of ether oxygens (including phenoxy) is 3. The van der Waals surface area contributed by atoms with E-state index in [0.29, 0.717) is 31.6 Å². The number of alkyl halides is 1. The highest BCUT2D eigenvalue weighted by Crippen LogP contribution is 2.52. The Morgan fingerprint density at radius 1 is 1.36 bits per heavy atom. The van der Waals surface area contributed by atoms with E-state index in [1.165, 1.54) is 0 Å². The lowest BCUT2D eigenvalue weighted by Crippen LogP contribution is -2.38. The van der Waals surface area contributed by atoms with E-state index in [0.717, 1.165) is 51.4 Å². The summed E-state index contributed by atoms with van der Waals surface area (Å²) in [6, 6.07) is 0. The van der Waals surface area contributed by atoms with E-state index in [1.807, 2.05) is 6.08 Å². The highest BCUT2D eigenvalue weighted by atomic mass is 19.1. The molecule has 0 amide bonds. The van der Waals surface area contributed by atoms with Crippen LogP contribution in [0.4, 0.5) is 4.39 Å². The summed E-state index contributed by atoms with van der Waals surface area (Å²) in [7, 11) is 0. The first-order valence-corrected chi connectivity index (χ1v) is 10.1. The number of aliphatic hydroxyl groups is 1. The molecule has 3 fully saturated rings. The van der Waals surface area contributed by atoms with Gasteiger partial charge in [-0.3, -0.25) is 0 Å². The number of hydrogen-bond donors (Lipinski definition) is 1. The molecule has 3 rings (SSSR count). The minimum Gasteiger partial charge on any atom is -0.467 e. The van der Waals surface area contributed by atoms with Gasteiger partial charge < -0.3 is 19.3 Å². The average molecular weight is 356 g/mol. The largest absolute Gasteiger partial charge is 0.467 e. The van der Waals surface area contributed by atoms with Crippen molar-refractivity contribution >= 4 is 0 Å². The molecule has 2 aliphatic heterocycles. The SMILES string of the molecule is CCCC[C@@H](F)CC=C(OC1CCCCO1)C12CCCC1CC(O)O2. The fourth-order valence-corrected chi connectivity index (χ4v) is 4.47. The van der Waals surface area contributed by atoms with Gasteiger partial charge in [0, 0.05) is 25.2 Å². The van der Waals surface area contributed by atoms with Gasteiger partial charge in [0.25, 0.3) is 0 Å². The van der Waals surface area contributed by atoms with Crippen LogP contribution in [0, 0.1) is 5.92 Å². The summed E-state index contributed by atoms with van der Waals surface area (Å²) in [5, 5.41) is 10.0. The number of fused-ring (bicyclic) bond motifs is 1. The van der Waals surface area contributed by atoms with Crippen LogP contribution in [-0.2, 0) is 14.2 Å². The molecule has 1 N–H and O–H groups in total. The smallest absolute Gasteiger partial charge is 0.199 e. The van der Waals surface area contributed by atoms with Crippen molar-refractivity contribution in [2.45, 2.75) is 102 Å². The molecule has 1 saturated carbocycles. The van der Waals surface area contributed by atoms with Crippen molar-refractivity contribution in [3.8, 4) is 0 Å². The molecule has 144 valence electrons. The summed E-state index contributed by atoms with van der Waals surface area (Å²) in [5.74, 6) is 0.962. The first-order valence-electron chi connectivity index (χ1n) is 10.1. The van der Waals surface area contributed by atoms with Crippen molar-refractivity contribution in [3.05, 3.63) is 11.8 Å². The Balaban J connectivity index is 1.73. The van der Waals surface area contributed by atoms with E-state index in [4.69, 9.17) is 14.2 Å². The van der Waals surface area contributed by atoms with Gasteiger partial charge in [-0.05, 0) is 44.6 Å². The maximum Gasteiger partial charge on any atom is 0.199 e. The monoisotopic (exact) mass is 356 g/mol. The number of unbranched alkanes of at least 4 members (excludes halogenated alkanes) is 1. The lowest BCUT2D eigenvalue weighted by Gasteiger charge is -2.35. The maximum absolute atomic E-state index is 14.2. The molecular weight excluding hydrogens is 323 g/mol. The maximum atomic E-state index is 14.2. The second-order valence-corrected chi connectivity index (χ2v) is 7.74. The van der Waals surface area contributed by atoms with Crippen molar-refractivity contribution < 1.29 is 23.7 Å². The molecule has 0 aromatic carbocycles. The van der Waals surface area contributed by atoms with Gasteiger partial charge in [0.15, 0.2) is 12.6 Å². The van der Waals surface area contributed by atoms with Crippen LogP contribution in [0.3, 0.4) is 0 Å². The molecular formula is C20H33FO4. The van der Waals surface area contributed by atoms with Gasteiger partial charge in [-0.15, -0.1) is 0 Å². The highest BCUT2D eigenvalue weighted by molar-refractivity contribution is 5.19. The molecule has 5 heteroatoms. The van der Waals surface area contributed by atoms with E-state index < -0.39 is 18.1 Å². The first kappa shape index (κ1) is 19.1. The lowest BCUT2D eigenvalue weighted by molar-refractivity contribution is -0.185. The molecule has 4 nitrogen and oxygen atoms in total. The molecule has 0 spiro atoms. The fourth-order valence-electron chi connectivity index (χ4n) is 4.47. The van der Waals surface area contributed by atoms with Gasteiger partial charge in [0.05, 0.1) is 6.61 Å². The van der Waals surface area contributed by atoms with Crippen molar-refractivity contribution in [2.24, 2.45) is 5.92 Å². The number of halogens is 1. The molecule has 2 saturated heterocycles. The van der Waals surface area contributed by atoms with Crippen LogP contribution < -0.4 is 0 Å². The summed E-state index contributed by atoms with van der Waals surface area (Å²) < 4.78 is 32.1. The van der Waals surface area contributed by atoms with Crippen LogP contribution in [0.25, 0.3) is 0 Å². The van der Waals surface area contributed by atoms with Crippen molar-refractivity contribution in [3.63, 3.8) is 0 Å². The van der Waals surface area contributed by atoms with E-state index in [-0.39, 0.29) is 12.2 Å². The Hall–Kier alpha value is -0.650. The topological polar surface area (TPSA) is 47.9 Å². The quantitative estimate of drug-likeness (QED) is 0.645.